The molecule has 0 saturated heterocycles. The van der Waals surface area contributed by atoms with E-state index in [0.29, 0.717) is 0 Å². The second kappa shape index (κ2) is 8.00. The molecule has 0 aliphatic heterocycles. The third-order valence-electron chi connectivity index (χ3n) is 4.47. The molecular formula is C21H20Cl2Zr. The molecular weight excluding hydrogens is 414 g/mol. The van der Waals surface area contributed by atoms with E-state index in [1.165, 1.54) is 27.8 Å². The number of allylic oxidation sites excluding steroid dienone is 6. The van der Waals surface area contributed by atoms with E-state index in [9.17, 15) is 0 Å². The molecule has 0 heterocycles. The van der Waals surface area contributed by atoms with Gasteiger partial charge in [0.2, 0.25) is 0 Å². The molecule has 24 heavy (non-hydrogen) atoms. The summed E-state index contributed by atoms with van der Waals surface area (Å²) in [5.74, 6) is 0. The quantitative estimate of drug-likeness (QED) is 0.493. The Morgan fingerprint density at radius 3 is 2.46 bits per heavy atom. The molecule has 2 aromatic carbocycles. The Kier molecular flexibility index (Phi) is 6.48. The Hall–Kier alpha value is -0.877. The molecule has 3 heteroatoms. The van der Waals surface area contributed by atoms with Gasteiger partial charge in [0.15, 0.2) is 0 Å². The van der Waals surface area contributed by atoms with Crippen LogP contribution >= 0.6 is 24.8 Å². The minimum atomic E-state index is -0.746. The summed E-state index contributed by atoms with van der Waals surface area (Å²) in [5, 5.41) is 0. The van der Waals surface area contributed by atoms with Crippen molar-refractivity contribution in [2.45, 2.75) is 20.3 Å². The molecule has 0 N–H and O–H groups in total. The van der Waals surface area contributed by atoms with Crippen LogP contribution in [-0.4, -0.2) is 0 Å². The third kappa shape index (κ3) is 3.40. The van der Waals surface area contributed by atoms with E-state index in [4.69, 9.17) is 0 Å². The Labute approximate surface area is 168 Å². The Morgan fingerprint density at radius 2 is 1.67 bits per heavy atom. The van der Waals surface area contributed by atoms with Crippen LogP contribution in [0.25, 0.3) is 11.1 Å². The SMILES string of the molecule is CC(C)=C1C=CC=[C]1[Zr][c]1cccc2c1Cc1ccccc1-2.Cl.Cl. The maximum atomic E-state index is 2.37. The molecule has 0 nitrogen and oxygen atoms in total. The van der Waals surface area contributed by atoms with Crippen molar-refractivity contribution in [1.29, 1.82) is 0 Å². The molecule has 0 atom stereocenters. The minimum Gasteiger partial charge on any atom is -0.147 e. The average molecular weight is 435 g/mol. The Balaban J connectivity index is 0.00000104. The maximum absolute atomic E-state index is 2.37. The van der Waals surface area contributed by atoms with Gasteiger partial charge in [0.05, 0.1) is 0 Å². The van der Waals surface area contributed by atoms with Gasteiger partial charge in [0.1, 0.15) is 0 Å². The summed E-state index contributed by atoms with van der Waals surface area (Å²) in [6, 6.07) is 15.8. The minimum absolute atomic E-state index is 0. The largest absolute Gasteiger partial charge is 0.147 e. The van der Waals surface area contributed by atoms with Gasteiger partial charge in [-0.25, -0.2) is 0 Å². The topological polar surface area (TPSA) is 0 Å². The van der Waals surface area contributed by atoms with Crippen LogP contribution in [0.1, 0.15) is 25.0 Å². The molecule has 0 unspecified atom stereocenters. The monoisotopic (exact) mass is 432 g/mol. The molecule has 0 fully saturated rings. The van der Waals surface area contributed by atoms with Crippen LogP contribution < -0.4 is 3.27 Å². The van der Waals surface area contributed by atoms with Crippen molar-refractivity contribution in [2.75, 3.05) is 0 Å². The van der Waals surface area contributed by atoms with E-state index in [2.05, 4.69) is 74.5 Å². The molecule has 0 saturated carbocycles. The smallest absolute Gasteiger partial charge is 0.147 e. The summed E-state index contributed by atoms with van der Waals surface area (Å²) < 4.78 is 3.26. The van der Waals surface area contributed by atoms with E-state index >= 15 is 0 Å². The molecule has 2 aliphatic rings. The first-order valence-electron chi connectivity index (χ1n) is 7.77. The van der Waals surface area contributed by atoms with Crippen LogP contribution in [0.3, 0.4) is 0 Å². The van der Waals surface area contributed by atoms with Gasteiger partial charge in [-0.05, 0) is 0 Å². The molecule has 0 bridgehead atoms. The Morgan fingerprint density at radius 1 is 0.917 bits per heavy atom. The van der Waals surface area contributed by atoms with Gasteiger partial charge in [0.25, 0.3) is 0 Å². The van der Waals surface area contributed by atoms with Crippen molar-refractivity contribution in [3.05, 3.63) is 86.2 Å². The number of fused-ring (bicyclic) bond motifs is 3. The van der Waals surface area contributed by atoms with Gasteiger partial charge in [-0.3, -0.25) is 0 Å². The summed E-state index contributed by atoms with van der Waals surface area (Å²) >= 11 is -0.746. The predicted octanol–water partition coefficient (Wildman–Crippen LogP) is 5.60. The molecule has 0 aromatic heterocycles. The molecule has 0 spiro atoms. The number of hydrogen-bond acceptors (Lipinski definition) is 0. The molecule has 2 aliphatic carbocycles. The second-order valence-electron chi connectivity index (χ2n) is 6.14. The van der Waals surface area contributed by atoms with Crippen LogP contribution in [0.4, 0.5) is 0 Å². The van der Waals surface area contributed by atoms with Gasteiger partial charge in [-0.2, -0.15) is 0 Å². The van der Waals surface area contributed by atoms with E-state index in [1.807, 2.05) is 0 Å². The van der Waals surface area contributed by atoms with E-state index in [0.717, 1.165) is 6.42 Å². The van der Waals surface area contributed by atoms with Crippen molar-refractivity contribution >= 4 is 28.1 Å². The van der Waals surface area contributed by atoms with Crippen LogP contribution in [0.15, 0.2) is 75.1 Å². The van der Waals surface area contributed by atoms with Crippen LogP contribution in [0, 0.1) is 0 Å². The summed E-state index contributed by atoms with van der Waals surface area (Å²) in [7, 11) is 0. The van der Waals surface area contributed by atoms with Crippen molar-refractivity contribution in [3.8, 4) is 11.1 Å². The number of hydrogen-bond donors (Lipinski definition) is 0. The summed E-state index contributed by atoms with van der Waals surface area (Å²) in [6.45, 7) is 4.45. The zero-order chi connectivity index (χ0) is 15.1. The van der Waals surface area contributed by atoms with Crippen molar-refractivity contribution in [2.24, 2.45) is 0 Å². The van der Waals surface area contributed by atoms with E-state index in [1.54, 1.807) is 12.1 Å². The van der Waals surface area contributed by atoms with Gasteiger partial charge < -0.3 is 0 Å². The van der Waals surface area contributed by atoms with Gasteiger partial charge >= 0.3 is 144 Å². The number of rotatable bonds is 2. The normalized spacial score (nSPS) is 13.4. The average Bonchev–Trinajstić information content (AvgIpc) is 3.12. The molecule has 122 valence electrons. The standard InChI is InChI=1S/C13H9.C8H9.2ClH.Zr/c1-3-7-12-10(5-1)9-11-6-2-4-8-13(11)12;1-7(2)8-5-3-4-6-8;;;/h1-5,7-8H,9H2;3-5H,1-2H3;2*1H;. The summed E-state index contributed by atoms with van der Waals surface area (Å²) in [5.41, 5.74) is 8.93. The summed E-state index contributed by atoms with van der Waals surface area (Å²) in [6.07, 6.45) is 7.96. The fourth-order valence-electron chi connectivity index (χ4n) is 3.38. The van der Waals surface area contributed by atoms with Gasteiger partial charge in [0, 0.05) is 0 Å². The van der Waals surface area contributed by atoms with Crippen LogP contribution in [0.5, 0.6) is 0 Å². The first kappa shape index (κ1) is 19.4. The first-order valence-corrected chi connectivity index (χ1v) is 10.2. The van der Waals surface area contributed by atoms with E-state index < -0.39 is 23.2 Å². The maximum Gasteiger partial charge on any atom is -0.147 e. The fourth-order valence-corrected chi connectivity index (χ4v) is 7.05. The van der Waals surface area contributed by atoms with Crippen molar-refractivity contribution < 1.29 is 23.2 Å². The molecule has 4 rings (SSSR count). The van der Waals surface area contributed by atoms with Crippen molar-refractivity contribution in [3.63, 3.8) is 0 Å². The zero-order valence-electron chi connectivity index (χ0n) is 13.8. The number of halogens is 2. The predicted molar refractivity (Wildman–Crippen MR) is 104 cm³/mol. The molecule has 2 aromatic rings. The van der Waals surface area contributed by atoms with Gasteiger partial charge in [-0.15, -0.1) is 24.8 Å². The molecule has 0 amide bonds. The fraction of sp³-hybridized carbons (Fsp3) is 0.143. The first-order chi connectivity index (χ1) is 10.7. The molecule has 0 radical (unpaired) electrons. The Bertz CT molecular complexity index is 856. The van der Waals surface area contributed by atoms with E-state index in [-0.39, 0.29) is 24.8 Å². The van der Waals surface area contributed by atoms with Crippen molar-refractivity contribution in [1.82, 2.24) is 0 Å². The number of benzene rings is 2. The van der Waals surface area contributed by atoms with Crippen LogP contribution in [-0.2, 0) is 29.7 Å². The van der Waals surface area contributed by atoms with Gasteiger partial charge in [-0.1, -0.05) is 0 Å². The van der Waals surface area contributed by atoms with Crippen LogP contribution in [0.2, 0.25) is 0 Å². The zero-order valence-corrected chi connectivity index (χ0v) is 17.9. The third-order valence-corrected chi connectivity index (χ3v) is 8.02. The summed E-state index contributed by atoms with van der Waals surface area (Å²) in [4.78, 5) is 0. The second-order valence-corrected chi connectivity index (χ2v) is 9.41.